The number of amides is 1. The van der Waals surface area contributed by atoms with E-state index in [4.69, 9.17) is 4.74 Å². The predicted molar refractivity (Wildman–Crippen MR) is 97.5 cm³/mol. The predicted octanol–water partition coefficient (Wildman–Crippen LogP) is 2.49. The maximum absolute atomic E-state index is 12.4. The topological polar surface area (TPSA) is 69.0 Å². The van der Waals surface area contributed by atoms with Crippen molar-refractivity contribution >= 4 is 5.91 Å². The number of rotatable bonds is 4. The third-order valence-electron chi connectivity index (χ3n) is 4.50. The number of nitrogens with one attached hydrogen (secondary N) is 1. The monoisotopic (exact) mass is 348 g/mol. The second-order valence-electron chi connectivity index (χ2n) is 6.43. The molecule has 1 N–H and O–H groups in total. The van der Waals surface area contributed by atoms with Gasteiger partial charge >= 0.3 is 0 Å². The molecule has 4 rings (SSSR count). The van der Waals surface area contributed by atoms with Crippen molar-refractivity contribution in [2.75, 3.05) is 0 Å². The van der Waals surface area contributed by atoms with Gasteiger partial charge in [-0.15, -0.1) is 0 Å². The summed E-state index contributed by atoms with van der Waals surface area (Å²) in [7, 11) is 1.87. The summed E-state index contributed by atoms with van der Waals surface area (Å²) in [5.41, 5.74) is 3.94. The lowest BCUT2D eigenvalue weighted by molar-refractivity contribution is -0.128. The van der Waals surface area contributed by atoms with E-state index < -0.39 is 6.10 Å². The van der Waals surface area contributed by atoms with Gasteiger partial charge in [0.2, 0.25) is 0 Å². The summed E-state index contributed by atoms with van der Waals surface area (Å²) < 4.78 is 7.57. The Bertz CT molecular complexity index is 918. The van der Waals surface area contributed by atoms with Crippen molar-refractivity contribution in [2.24, 2.45) is 7.05 Å². The van der Waals surface area contributed by atoms with E-state index in [0.717, 1.165) is 34.6 Å². The standard InChI is InChI=1S/C20H20N4O2/c1-24-13-16(12-23-24)17-8-6-14(10-21-17)11-22-20(25)19-9-7-15-4-2-3-5-18(15)26-19/h2-6,8,10,12-13,19H,7,9,11H2,1H3,(H,22,25). The van der Waals surface area contributed by atoms with E-state index >= 15 is 0 Å². The summed E-state index contributed by atoms with van der Waals surface area (Å²) in [5, 5.41) is 7.09. The number of benzene rings is 1. The van der Waals surface area contributed by atoms with Gasteiger partial charge in [-0.05, 0) is 36.1 Å². The first-order valence-corrected chi connectivity index (χ1v) is 8.65. The average molecular weight is 348 g/mol. The molecule has 0 fully saturated rings. The SMILES string of the molecule is Cn1cc(-c2ccc(CNC(=O)C3CCc4ccccc4O3)cn2)cn1. The van der Waals surface area contributed by atoms with E-state index in [1.807, 2.05) is 49.6 Å². The number of nitrogens with zero attached hydrogens (tertiary/aromatic N) is 3. The number of carbonyl (C=O) groups is 1. The molecular weight excluding hydrogens is 328 g/mol. The van der Waals surface area contributed by atoms with Crippen LogP contribution in [-0.4, -0.2) is 26.8 Å². The fraction of sp³-hybridized carbons (Fsp3) is 0.250. The van der Waals surface area contributed by atoms with Gasteiger partial charge in [-0.1, -0.05) is 24.3 Å². The Morgan fingerprint density at radius 2 is 2.15 bits per heavy atom. The van der Waals surface area contributed by atoms with Crippen molar-refractivity contribution in [3.8, 4) is 17.0 Å². The zero-order chi connectivity index (χ0) is 17.9. The van der Waals surface area contributed by atoms with E-state index in [1.54, 1.807) is 17.1 Å². The first kappa shape index (κ1) is 16.3. The minimum absolute atomic E-state index is 0.0872. The van der Waals surface area contributed by atoms with Gasteiger partial charge in [0.05, 0.1) is 11.9 Å². The summed E-state index contributed by atoms with van der Waals surface area (Å²) in [6, 6.07) is 11.8. The fourth-order valence-corrected chi connectivity index (χ4v) is 3.07. The van der Waals surface area contributed by atoms with E-state index in [0.29, 0.717) is 13.0 Å². The van der Waals surface area contributed by atoms with Gasteiger partial charge in [-0.2, -0.15) is 5.10 Å². The summed E-state index contributed by atoms with van der Waals surface area (Å²) in [4.78, 5) is 16.9. The number of fused-ring (bicyclic) bond motifs is 1. The quantitative estimate of drug-likeness (QED) is 0.786. The van der Waals surface area contributed by atoms with Crippen LogP contribution in [0.2, 0.25) is 0 Å². The van der Waals surface area contributed by atoms with Crippen LogP contribution in [0.15, 0.2) is 55.0 Å². The molecule has 132 valence electrons. The zero-order valence-electron chi connectivity index (χ0n) is 14.6. The number of ether oxygens (including phenoxy) is 1. The van der Waals surface area contributed by atoms with Crippen LogP contribution in [0.3, 0.4) is 0 Å². The molecule has 1 unspecified atom stereocenters. The number of hydrogen-bond acceptors (Lipinski definition) is 4. The molecule has 0 aliphatic carbocycles. The van der Waals surface area contributed by atoms with E-state index in [9.17, 15) is 4.79 Å². The van der Waals surface area contributed by atoms with Gasteiger partial charge in [0.1, 0.15) is 5.75 Å². The molecule has 0 spiro atoms. The van der Waals surface area contributed by atoms with Crippen LogP contribution in [0, 0.1) is 0 Å². The molecular formula is C20H20N4O2. The third-order valence-corrected chi connectivity index (χ3v) is 4.50. The molecule has 1 atom stereocenters. The molecule has 0 saturated heterocycles. The Hall–Kier alpha value is -3.15. The minimum Gasteiger partial charge on any atom is -0.480 e. The molecule has 0 saturated carbocycles. The molecule has 1 amide bonds. The van der Waals surface area contributed by atoms with Gasteiger partial charge in [0, 0.05) is 31.5 Å². The molecule has 26 heavy (non-hydrogen) atoms. The molecule has 0 radical (unpaired) electrons. The largest absolute Gasteiger partial charge is 0.480 e. The van der Waals surface area contributed by atoms with Crippen molar-refractivity contribution in [2.45, 2.75) is 25.5 Å². The summed E-state index contributed by atoms with van der Waals surface area (Å²) in [6.07, 6.45) is 6.59. The number of carbonyl (C=O) groups excluding carboxylic acids is 1. The normalized spacial score (nSPS) is 15.8. The highest BCUT2D eigenvalue weighted by Crippen LogP contribution is 2.27. The van der Waals surface area contributed by atoms with Crippen LogP contribution in [-0.2, 0) is 24.8 Å². The van der Waals surface area contributed by atoms with Crippen molar-refractivity contribution in [1.29, 1.82) is 0 Å². The fourth-order valence-electron chi connectivity index (χ4n) is 3.07. The first-order chi connectivity index (χ1) is 12.7. The number of hydrogen-bond donors (Lipinski definition) is 1. The second-order valence-corrected chi connectivity index (χ2v) is 6.43. The van der Waals surface area contributed by atoms with Crippen LogP contribution in [0.25, 0.3) is 11.3 Å². The molecule has 3 heterocycles. The molecule has 6 heteroatoms. The first-order valence-electron chi connectivity index (χ1n) is 8.65. The molecule has 1 aliphatic rings. The number of para-hydroxylation sites is 1. The van der Waals surface area contributed by atoms with Gasteiger partial charge in [0.25, 0.3) is 5.91 Å². The van der Waals surface area contributed by atoms with Crippen molar-refractivity contribution in [3.05, 3.63) is 66.1 Å². The lowest BCUT2D eigenvalue weighted by atomic mass is 10.0. The summed E-state index contributed by atoms with van der Waals surface area (Å²) >= 11 is 0. The Balaban J connectivity index is 1.35. The highest BCUT2D eigenvalue weighted by atomic mass is 16.5. The van der Waals surface area contributed by atoms with Gasteiger partial charge < -0.3 is 10.1 Å². The molecule has 1 aliphatic heterocycles. The molecule has 2 aromatic heterocycles. The Kier molecular flexibility index (Phi) is 4.39. The van der Waals surface area contributed by atoms with Gasteiger partial charge in [-0.3, -0.25) is 14.5 Å². The highest BCUT2D eigenvalue weighted by molar-refractivity contribution is 5.81. The van der Waals surface area contributed by atoms with E-state index in [1.165, 1.54) is 0 Å². The van der Waals surface area contributed by atoms with Gasteiger partial charge in [-0.25, -0.2) is 0 Å². The van der Waals surface area contributed by atoms with Crippen LogP contribution >= 0.6 is 0 Å². The van der Waals surface area contributed by atoms with Gasteiger partial charge in [0.15, 0.2) is 6.10 Å². The maximum Gasteiger partial charge on any atom is 0.261 e. The van der Waals surface area contributed by atoms with Crippen LogP contribution in [0.5, 0.6) is 5.75 Å². The Morgan fingerprint density at radius 1 is 1.27 bits per heavy atom. The van der Waals surface area contributed by atoms with E-state index in [2.05, 4.69) is 15.4 Å². The smallest absolute Gasteiger partial charge is 0.261 e. The van der Waals surface area contributed by atoms with E-state index in [-0.39, 0.29) is 5.91 Å². The lowest BCUT2D eigenvalue weighted by Gasteiger charge is -2.25. The van der Waals surface area contributed by atoms with Crippen LogP contribution < -0.4 is 10.1 Å². The average Bonchev–Trinajstić information content (AvgIpc) is 3.12. The van der Waals surface area contributed by atoms with Crippen LogP contribution in [0.4, 0.5) is 0 Å². The summed E-state index contributed by atoms with van der Waals surface area (Å²) in [5.74, 6) is 0.720. The number of aromatic nitrogens is 3. The van der Waals surface area contributed by atoms with Crippen molar-refractivity contribution in [1.82, 2.24) is 20.1 Å². The number of pyridine rings is 1. The molecule has 0 bridgehead atoms. The Morgan fingerprint density at radius 3 is 2.92 bits per heavy atom. The van der Waals surface area contributed by atoms with Crippen molar-refractivity contribution in [3.63, 3.8) is 0 Å². The lowest BCUT2D eigenvalue weighted by Crippen LogP contribution is -2.40. The molecule has 1 aromatic carbocycles. The molecule has 6 nitrogen and oxygen atoms in total. The Labute approximate surface area is 151 Å². The second kappa shape index (κ2) is 7.00. The van der Waals surface area contributed by atoms with Crippen molar-refractivity contribution < 1.29 is 9.53 Å². The zero-order valence-corrected chi connectivity index (χ0v) is 14.6. The molecule has 3 aromatic rings. The number of aryl methyl sites for hydroxylation is 2. The maximum atomic E-state index is 12.4. The van der Waals surface area contributed by atoms with Crippen LogP contribution in [0.1, 0.15) is 17.5 Å². The third kappa shape index (κ3) is 3.44. The highest BCUT2D eigenvalue weighted by Gasteiger charge is 2.25. The summed E-state index contributed by atoms with van der Waals surface area (Å²) in [6.45, 7) is 0.431. The minimum atomic E-state index is -0.437.